The summed E-state index contributed by atoms with van der Waals surface area (Å²) in [4.78, 5) is 2.15. The Morgan fingerprint density at radius 3 is 2.69 bits per heavy atom. The van der Waals surface area contributed by atoms with Gasteiger partial charge in [0.05, 0.1) is 6.10 Å². The monoisotopic (exact) mass is 259 g/mol. The van der Waals surface area contributed by atoms with Gasteiger partial charge in [-0.15, -0.1) is 0 Å². The van der Waals surface area contributed by atoms with Crippen molar-refractivity contribution in [2.45, 2.75) is 18.6 Å². The second-order valence-corrected chi connectivity index (χ2v) is 5.20. The molecule has 2 nitrogen and oxygen atoms in total. The molecule has 1 aliphatic heterocycles. The highest BCUT2D eigenvalue weighted by molar-refractivity contribution is 6.35. The minimum atomic E-state index is 0.157. The smallest absolute Gasteiger partial charge is 0.111 e. The molecule has 0 spiro atoms. The molecule has 0 aliphatic carbocycles. The van der Waals surface area contributed by atoms with Gasteiger partial charge in [-0.1, -0.05) is 29.3 Å². The van der Waals surface area contributed by atoms with Crippen molar-refractivity contribution in [1.29, 1.82) is 0 Å². The van der Waals surface area contributed by atoms with E-state index in [2.05, 4.69) is 19.0 Å². The predicted molar refractivity (Wildman–Crippen MR) is 67.2 cm³/mol. The van der Waals surface area contributed by atoms with Crippen molar-refractivity contribution in [1.82, 2.24) is 4.90 Å². The molecule has 2 rings (SSSR count). The molecule has 1 heterocycles. The molecule has 0 N–H and O–H groups in total. The molecule has 0 saturated carbocycles. The van der Waals surface area contributed by atoms with E-state index in [1.165, 1.54) is 0 Å². The van der Waals surface area contributed by atoms with Gasteiger partial charge in [0.25, 0.3) is 0 Å². The van der Waals surface area contributed by atoms with Crippen LogP contribution in [0.4, 0.5) is 0 Å². The normalized spacial score (nSPS) is 23.8. The van der Waals surface area contributed by atoms with Crippen LogP contribution in [0, 0.1) is 0 Å². The van der Waals surface area contributed by atoms with Gasteiger partial charge in [-0.25, -0.2) is 0 Å². The van der Waals surface area contributed by atoms with E-state index in [0.717, 1.165) is 18.5 Å². The molecule has 1 aliphatic rings. The zero-order valence-corrected chi connectivity index (χ0v) is 10.9. The van der Waals surface area contributed by atoms with E-state index in [4.69, 9.17) is 27.9 Å². The van der Waals surface area contributed by atoms with Crippen molar-refractivity contribution in [3.63, 3.8) is 0 Å². The lowest BCUT2D eigenvalue weighted by molar-refractivity contribution is 0.331. The Morgan fingerprint density at radius 1 is 1.31 bits per heavy atom. The van der Waals surface area contributed by atoms with E-state index < -0.39 is 0 Å². The molecule has 2 atom stereocenters. The maximum atomic E-state index is 6.12. The standard InChI is InChI=1S/C12H15Cl2NO/c1-15(2)6-5-11-12(16-11)9-4-3-8(13)7-10(9)14/h3-4,7,11-12H,5-6H2,1-2H3. The van der Waals surface area contributed by atoms with Crippen LogP contribution in [-0.4, -0.2) is 31.6 Å². The number of ether oxygens (including phenoxy) is 1. The van der Waals surface area contributed by atoms with Gasteiger partial charge in [0, 0.05) is 22.2 Å². The maximum Gasteiger partial charge on any atom is 0.111 e. The zero-order chi connectivity index (χ0) is 11.7. The van der Waals surface area contributed by atoms with Gasteiger partial charge in [-0.3, -0.25) is 0 Å². The first-order chi connectivity index (χ1) is 7.58. The van der Waals surface area contributed by atoms with Crippen molar-refractivity contribution in [2.75, 3.05) is 20.6 Å². The summed E-state index contributed by atoms with van der Waals surface area (Å²) in [5.74, 6) is 0. The van der Waals surface area contributed by atoms with Crippen LogP contribution in [0.1, 0.15) is 18.1 Å². The molecule has 1 aromatic rings. The fourth-order valence-corrected chi connectivity index (χ4v) is 2.27. The largest absolute Gasteiger partial charge is 0.364 e. The first kappa shape index (κ1) is 12.2. The Labute approximate surface area is 106 Å². The lowest BCUT2D eigenvalue weighted by Gasteiger charge is -2.07. The minimum Gasteiger partial charge on any atom is -0.364 e. The van der Waals surface area contributed by atoms with Gasteiger partial charge in [-0.05, 0) is 32.6 Å². The summed E-state index contributed by atoms with van der Waals surface area (Å²) in [7, 11) is 4.12. The number of halogens is 2. The molecular formula is C12H15Cl2NO. The summed E-state index contributed by atoms with van der Waals surface area (Å²) in [5, 5.41) is 1.36. The summed E-state index contributed by atoms with van der Waals surface area (Å²) in [6.45, 7) is 1.03. The fourth-order valence-electron chi connectivity index (χ4n) is 1.75. The summed E-state index contributed by atoms with van der Waals surface area (Å²) >= 11 is 12.0. The third-order valence-electron chi connectivity index (χ3n) is 2.71. The van der Waals surface area contributed by atoms with Crippen LogP contribution in [0.25, 0.3) is 0 Å². The second-order valence-electron chi connectivity index (χ2n) is 4.35. The molecule has 1 saturated heterocycles. The molecule has 4 heteroatoms. The van der Waals surface area contributed by atoms with Crippen molar-refractivity contribution < 1.29 is 4.74 Å². The quantitative estimate of drug-likeness (QED) is 0.771. The summed E-state index contributed by atoms with van der Waals surface area (Å²) in [5.41, 5.74) is 1.05. The Morgan fingerprint density at radius 2 is 2.06 bits per heavy atom. The number of hydrogen-bond donors (Lipinski definition) is 0. The van der Waals surface area contributed by atoms with Crippen LogP contribution in [0.2, 0.25) is 10.0 Å². The highest BCUT2D eigenvalue weighted by Crippen LogP contribution is 2.44. The van der Waals surface area contributed by atoms with Crippen LogP contribution in [0.5, 0.6) is 0 Å². The van der Waals surface area contributed by atoms with Crippen molar-refractivity contribution in [3.05, 3.63) is 33.8 Å². The van der Waals surface area contributed by atoms with Gasteiger partial charge in [0.15, 0.2) is 0 Å². The SMILES string of the molecule is CN(C)CCC1OC1c1ccc(Cl)cc1Cl. The predicted octanol–water partition coefficient (Wildman–Crippen LogP) is 3.39. The van der Waals surface area contributed by atoms with E-state index in [1.807, 2.05) is 12.1 Å². The molecule has 0 bridgehead atoms. The van der Waals surface area contributed by atoms with Crippen LogP contribution < -0.4 is 0 Å². The summed E-state index contributed by atoms with van der Waals surface area (Å²) < 4.78 is 5.62. The van der Waals surface area contributed by atoms with E-state index >= 15 is 0 Å². The molecule has 0 aromatic heterocycles. The maximum absolute atomic E-state index is 6.12. The Hall–Kier alpha value is -0.280. The Balaban J connectivity index is 1.95. The van der Waals surface area contributed by atoms with Crippen LogP contribution in [-0.2, 0) is 4.74 Å². The molecule has 1 aromatic carbocycles. The first-order valence-electron chi connectivity index (χ1n) is 5.33. The van der Waals surface area contributed by atoms with Crippen LogP contribution in [0.15, 0.2) is 18.2 Å². The summed E-state index contributed by atoms with van der Waals surface area (Å²) in [6, 6.07) is 5.57. The average molecular weight is 260 g/mol. The molecule has 88 valence electrons. The minimum absolute atomic E-state index is 0.157. The highest BCUT2D eigenvalue weighted by Gasteiger charge is 2.40. The third-order valence-corrected chi connectivity index (χ3v) is 3.27. The first-order valence-corrected chi connectivity index (χ1v) is 6.08. The van der Waals surface area contributed by atoms with E-state index in [9.17, 15) is 0 Å². The summed E-state index contributed by atoms with van der Waals surface area (Å²) in [6.07, 6.45) is 1.50. The molecular weight excluding hydrogens is 245 g/mol. The van der Waals surface area contributed by atoms with E-state index in [-0.39, 0.29) is 6.10 Å². The van der Waals surface area contributed by atoms with Gasteiger partial charge < -0.3 is 9.64 Å². The number of nitrogens with zero attached hydrogens (tertiary/aromatic N) is 1. The average Bonchev–Trinajstić information content (AvgIpc) is 2.94. The molecule has 1 fully saturated rings. The lowest BCUT2D eigenvalue weighted by atomic mass is 10.1. The molecule has 2 unspecified atom stereocenters. The Bertz CT molecular complexity index is 381. The molecule has 0 amide bonds. The number of benzene rings is 1. The van der Waals surface area contributed by atoms with E-state index in [1.54, 1.807) is 6.07 Å². The van der Waals surface area contributed by atoms with E-state index in [0.29, 0.717) is 16.1 Å². The zero-order valence-electron chi connectivity index (χ0n) is 9.41. The lowest BCUT2D eigenvalue weighted by Crippen LogP contribution is -2.14. The fraction of sp³-hybridized carbons (Fsp3) is 0.500. The van der Waals surface area contributed by atoms with Crippen molar-refractivity contribution >= 4 is 23.2 Å². The number of epoxide rings is 1. The second kappa shape index (κ2) is 4.92. The van der Waals surface area contributed by atoms with Crippen LogP contribution >= 0.6 is 23.2 Å². The highest BCUT2D eigenvalue weighted by atomic mass is 35.5. The third kappa shape index (κ3) is 2.89. The van der Waals surface area contributed by atoms with Crippen LogP contribution in [0.3, 0.4) is 0 Å². The molecule has 0 radical (unpaired) electrons. The topological polar surface area (TPSA) is 15.8 Å². The van der Waals surface area contributed by atoms with Gasteiger partial charge >= 0.3 is 0 Å². The van der Waals surface area contributed by atoms with Gasteiger partial charge in [-0.2, -0.15) is 0 Å². The van der Waals surface area contributed by atoms with Gasteiger partial charge in [0.1, 0.15) is 6.10 Å². The molecule has 16 heavy (non-hydrogen) atoms. The van der Waals surface area contributed by atoms with Gasteiger partial charge in [0.2, 0.25) is 0 Å². The Kier molecular flexibility index (Phi) is 3.75. The van der Waals surface area contributed by atoms with Crippen molar-refractivity contribution in [3.8, 4) is 0 Å². The number of rotatable bonds is 4. The van der Waals surface area contributed by atoms with Crippen molar-refractivity contribution in [2.24, 2.45) is 0 Å². The number of hydrogen-bond acceptors (Lipinski definition) is 2.